The van der Waals surface area contributed by atoms with Crippen molar-refractivity contribution in [1.29, 1.82) is 0 Å². The summed E-state index contributed by atoms with van der Waals surface area (Å²) in [6, 6.07) is 6.09. The van der Waals surface area contributed by atoms with Gasteiger partial charge in [-0.25, -0.2) is 4.39 Å². The van der Waals surface area contributed by atoms with Gasteiger partial charge in [-0.2, -0.15) is 0 Å². The van der Waals surface area contributed by atoms with E-state index in [0.29, 0.717) is 24.8 Å². The monoisotopic (exact) mass is 266 g/mol. The third-order valence-corrected chi connectivity index (χ3v) is 3.77. The van der Waals surface area contributed by atoms with Gasteiger partial charge in [0.15, 0.2) is 0 Å². The summed E-state index contributed by atoms with van der Waals surface area (Å²) in [6.45, 7) is 3.81. The van der Waals surface area contributed by atoms with Crippen LogP contribution in [0, 0.1) is 12.7 Å². The molecular formula is C15H23FN2O. The van der Waals surface area contributed by atoms with Crippen LogP contribution in [0.1, 0.15) is 30.0 Å². The van der Waals surface area contributed by atoms with Gasteiger partial charge in [0.1, 0.15) is 5.82 Å². The summed E-state index contributed by atoms with van der Waals surface area (Å²) in [6.07, 6.45) is 2.41. The molecule has 3 nitrogen and oxygen atoms in total. The lowest BCUT2D eigenvalue weighted by molar-refractivity contribution is 0.115. The molecule has 0 radical (unpaired) electrons. The summed E-state index contributed by atoms with van der Waals surface area (Å²) in [7, 11) is 1.70. The van der Waals surface area contributed by atoms with Crippen LogP contribution in [-0.2, 0) is 4.74 Å². The molecule has 1 fully saturated rings. The molecule has 0 spiro atoms. The molecule has 0 amide bonds. The minimum absolute atomic E-state index is 0.0812. The molecule has 1 aromatic rings. The van der Waals surface area contributed by atoms with Gasteiger partial charge in [0.2, 0.25) is 0 Å². The minimum Gasteiger partial charge on any atom is -0.383 e. The highest BCUT2D eigenvalue weighted by atomic mass is 19.1. The summed E-state index contributed by atoms with van der Waals surface area (Å²) in [5.74, 6) is -0.154. The molecule has 19 heavy (non-hydrogen) atoms. The molecule has 106 valence electrons. The van der Waals surface area contributed by atoms with E-state index in [1.807, 2.05) is 12.1 Å². The van der Waals surface area contributed by atoms with Crippen LogP contribution in [0.3, 0.4) is 0 Å². The van der Waals surface area contributed by atoms with Crippen LogP contribution in [0.25, 0.3) is 0 Å². The first-order chi connectivity index (χ1) is 9.17. The molecule has 1 aliphatic carbocycles. The van der Waals surface area contributed by atoms with Gasteiger partial charge >= 0.3 is 0 Å². The Balaban J connectivity index is 2.17. The Morgan fingerprint density at radius 2 is 2.21 bits per heavy atom. The number of methoxy groups -OCH3 is 1. The largest absolute Gasteiger partial charge is 0.383 e. The third kappa shape index (κ3) is 3.53. The van der Waals surface area contributed by atoms with Crippen LogP contribution < -0.4 is 5.73 Å². The van der Waals surface area contributed by atoms with E-state index in [4.69, 9.17) is 10.5 Å². The van der Waals surface area contributed by atoms with Crippen molar-refractivity contribution in [2.45, 2.75) is 31.8 Å². The maximum Gasteiger partial charge on any atom is 0.126 e. The molecule has 2 rings (SSSR count). The number of ether oxygens (including phenoxy) is 1. The molecule has 0 saturated heterocycles. The maximum absolute atomic E-state index is 13.7. The first kappa shape index (κ1) is 14.4. The van der Waals surface area contributed by atoms with E-state index in [2.05, 4.69) is 4.90 Å². The first-order valence-corrected chi connectivity index (χ1v) is 6.88. The highest BCUT2D eigenvalue weighted by Gasteiger charge is 2.33. The molecule has 1 unspecified atom stereocenters. The fraction of sp³-hybridized carbons (Fsp3) is 0.600. The number of rotatable bonds is 7. The lowest BCUT2D eigenvalue weighted by Gasteiger charge is -2.31. The van der Waals surface area contributed by atoms with Gasteiger partial charge in [-0.3, -0.25) is 4.90 Å². The summed E-state index contributed by atoms with van der Waals surface area (Å²) < 4.78 is 18.9. The van der Waals surface area contributed by atoms with Gasteiger partial charge in [-0.15, -0.1) is 0 Å². The smallest absolute Gasteiger partial charge is 0.126 e. The van der Waals surface area contributed by atoms with Crippen molar-refractivity contribution in [3.63, 3.8) is 0 Å². The molecule has 4 heteroatoms. The molecule has 2 N–H and O–H groups in total. The Morgan fingerprint density at radius 3 is 2.74 bits per heavy atom. The van der Waals surface area contributed by atoms with Crippen LogP contribution in [-0.4, -0.2) is 37.7 Å². The molecule has 0 aliphatic heterocycles. The zero-order chi connectivity index (χ0) is 13.8. The Hall–Kier alpha value is -0.970. The summed E-state index contributed by atoms with van der Waals surface area (Å²) in [5.41, 5.74) is 7.57. The second-order valence-electron chi connectivity index (χ2n) is 5.22. The maximum atomic E-state index is 13.7. The van der Waals surface area contributed by atoms with Crippen molar-refractivity contribution in [3.8, 4) is 0 Å². The van der Waals surface area contributed by atoms with Crippen molar-refractivity contribution in [2.75, 3.05) is 26.8 Å². The fourth-order valence-electron chi connectivity index (χ4n) is 2.48. The highest BCUT2D eigenvalue weighted by molar-refractivity contribution is 5.26. The lowest BCUT2D eigenvalue weighted by atomic mass is 10.0. The Bertz CT molecular complexity index is 421. The average molecular weight is 266 g/mol. The fourth-order valence-corrected chi connectivity index (χ4v) is 2.48. The van der Waals surface area contributed by atoms with E-state index in [-0.39, 0.29) is 11.9 Å². The van der Waals surface area contributed by atoms with Crippen molar-refractivity contribution in [1.82, 2.24) is 4.90 Å². The molecule has 1 atom stereocenters. The van der Waals surface area contributed by atoms with Crippen LogP contribution in [0.5, 0.6) is 0 Å². The summed E-state index contributed by atoms with van der Waals surface area (Å²) >= 11 is 0. The molecule has 0 aromatic heterocycles. The van der Waals surface area contributed by atoms with Crippen LogP contribution in [0.2, 0.25) is 0 Å². The van der Waals surface area contributed by atoms with Gasteiger partial charge in [0.05, 0.1) is 6.61 Å². The number of nitrogens with two attached hydrogens (primary N) is 1. The number of aryl methyl sites for hydroxylation is 1. The minimum atomic E-state index is -0.154. The van der Waals surface area contributed by atoms with E-state index in [1.165, 1.54) is 12.8 Å². The average Bonchev–Trinajstić information content (AvgIpc) is 3.22. The van der Waals surface area contributed by atoms with Crippen molar-refractivity contribution >= 4 is 0 Å². The molecule has 1 aliphatic rings. The van der Waals surface area contributed by atoms with Gasteiger partial charge in [-0.05, 0) is 37.0 Å². The zero-order valence-corrected chi connectivity index (χ0v) is 11.7. The Morgan fingerprint density at radius 1 is 1.47 bits per heavy atom. The number of benzene rings is 1. The van der Waals surface area contributed by atoms with Crippen LogP contribution in [0.15, 0.2) is 18.2 Å². The second-order valence-corrected chi connectivity index (χ2v) is 5.22. The topological polar surface area (TPSA) is 38.5 Å². The number of hydrogen-bond donors (Lipinski definition) is 1. The van der Waals surface area contributed by atoms with E-state index >= 15 is 0 Å². The summed E-state index contributed by atoms with van der Waals surface area (Å²) in [5, 5.41) is 0. The molecule has 0 heterocycles. The van der Waals surface area contributed by atoms with E-state index < -0.39 is 0 Å². The van der Waals surface area contributed by atoms with Gasteiger partial charge < -0.3 is 10.5 Å². The van der Waals surface area contributed by atoms with Crippen LogP contribution >= 0.6 is 0 Å². The number of halogens is 1. The zero-order valence-electron chi connectivity index (χ0n) is 11.7. The quantitative estimate of drug-likeness (QED) is 0.822. The molecular weight excluding hydrogens is 243 g/mol. The third-order valence-electron chi connectivity index (χ3n) is 3.77. The van der Waals surface area contributed by atoms with E-state index in [0.717, 1.165) is 12.1 Å². The Kier molecular flexibility index (Phi) is 4.91. The van der Waals surface area contributed by atoms with Gasteiger partial charge in [0, 0.05) is 32.3 Å². The molecule has 1 aromatic carbocycles. The second kappa shape index (κ2) is 6.46. The van der Waals surface area contributed by atoms with Gasteiger partial charge in [-0.1, -0.05) is 12.1 Å². The highest BCUT2D eigenvalue weighted by Crippen LogP contribution is 2.34. The molecule has 0 bridgehead atoms. The van der Waals surface area contributed by atoms with E-state index in [1.54, 1.807) is 20.1 Å². The predicted octanol–water partition coefficient (Wildman–Crippen LogP) is 2.24. The SMILES string of the molecule is COCCN(C1CC1)C(CN)c1ccc(C)c(F)c1. The lowest BCUT2D eigenvalue weighted by Crippen LogP contribution is -2.37. The normalized spacial score (nSPS) is 16.9. The predicted molar refractivity (Wildman–Crippen MR) is 74.5 cm³/mol. The Labute approximate surface area is 114 Å². The van der Waals surface area contributed by atoms with Crippen molar-refractivity contribution < 1.29 is 9.13 Å². The molecule has 1 saturated carbocycles. The summed E-state index contributed by atoms with van der Waals surface area (Å²) in [4.78, 5) is 2.35. The first-order valence-electron chi connectivity index (χ1n) is 6.88. The van der Waals surface area contributed by atoms with Crippen molar-refractivity contribution in [3.05, 3.63) is 35.1 Å². The van der Waals surface area contributed by atoms with Crippen molar-refractivity contribution in [2.24, 2.45) is 5.73 Å². The van der Waals surface area contributed by atoms with Crippen LogP contribution in [0.4, 0.5) is 4.39 Å². The van der Waals surface area contributed by atoms with E-state index in [9.17, 15) is 4.39 Å². The number of nitrogens with zero attached hydrogens (tertiary/aromatic N) is 1. The van der Waals surface area contributed by atoms with Gasteiger partial charge in [0.25, 0.3) is 0 Å². The number of hydrogen-bond acceptors (Lipinski definition) is 3. The standard InChI is InChI=1S/C15H23FN2O/c1-11-3-4-12(9-14(11)16)15(10-17)18(7-8-19-2)13-5-6-13/h3-4,9,13,15H,5-8,10,17H2,1-2H3.